The average Bonchev–Trinajstić information content (AvgIpc) is 3.23. The van der Waals surface area contributed by atoms with Crippen LogP contribution in [-0.2, 0) is 13.7 Å². The minimum atomic E-state index is -0.699. The Morgan fingerprint density at radius 1 is 0.222 bits per heavy atom. The van der Waals surface area contributed by atoms with Crippen LogP contribution >= 0.6 is 0 Å². The first-order chi connectivity index (χ1) is 26.7. The molecule has 3 nitrogen and oxygen atoms in total. The number of hydrogen-bond acceptors (Lipinski definition) is 3. The second-order valence-corrected chi connectivity index (χ2v) is 14.9. The molecule has 0 amide bonds. The molecule has 54 heavy (non-hydrogen) atoms. The maximum atomic E-state index is 7.07. The van der Waals surface area contributed by atoms with Gasteiger partial charge in [-0.25, -0.2) is 0 Å². The molecule has 13 rings (SSSR count). The van der Waals surface area contributed by atoms with E-state index < -0.39 is 21.4 Å². The highest BCUT2D eigenvalue weighted by Crippen LogP contribution is 2.37. The van der Waals surface area contributed by atoms with Gasteiger partial charge in [0.05, 0.1) is 0 Å². The van der Waals surface area contributed by atoms with Crippen molar-refractivity contribution in [1.29, 1.82) is 0 Å². The van der Waals surface area contributed by atoms with Crippen LogP contribution in [0.15, 0.2) is 164 Å². The van der Waals surface area contributed by atoms with E-state index >= 15 is 0 Å². The van der Waals surface area contributed by atoms with Crippen LogP contribution in [0.2, 0.25) is 0 Å². The molecule has 0 aliphatic carbocycles. The highest BCUT2D eigenvalue weighted by atomic mass is 16.7. The van der Waals surface area contributed by atoms with Crippen molar-refractivity contribution in [2.75, 3.05) is 0 Å². The van der Waals surface area contributed by atoms with Gasteiger partial charge in [-0.1, -0.05) is 164 Å². The molecule has 0 bridgehead atoms. The van der Waals surface area contributed by atoms with Crippen LogP contribution in [-0.4, -0.2) is 21.4 Å². The third-order valence-corrected chi connectivity index (χ3v) is 12.2. The lowest BCUT2D eigenvalue weighted by Gasteiger charge is -2.33. The quantitative estimate of drug-likeness (QED) is 0.137. The third kappa shape index (κ3) is 3.94. The monoisotopic (exact) mass is 684 g/mol. The summed E-state index contributed by atoms with van der Waals surface area (Å²) in [4.78, 5) is 0. The van der Waals surface area contributed by atoms with E-state index in [4.69, 9.17) is 13.7 Å². The van der Waals surface area contributed by atoms with Gasteiger partial charge in [-0.2, -0.15) is 0 Å². The van der Waals surface area contributed by atoms with Gasteiger partial charge in [-0.15, -0.1) is 0 Å². The molecule has 1 aliphatic heterocycles. The fourth-order valence-corrected chi connectivity index (χ4v) is 9.76. The van der Waals surface area contributed by atoms with Gasteiger partial charge in [0.25, 0.3) is 0 Å². The molecule has 1 heterocycles. The normalized spacial score (nSPS) is 14.3. The molecular formula is C48H27B3O3. The lowest BCUT2D eigenvalue weighted by molar-refractivity contribution is 0.309. The molecule has 6 heteroatoms. The van der Waals surface area contributed by atoms with Gasteiger partial charge in [0.1, 0.15) is 0 Å². The van der Waals surface area contributed by atoms with Gasteiger partial charge in [0, 0.05) is 0 Å². The summed E-state index contributed by atoms with van der Waals surface area (Å²) in [6.45, 7) is 0. The summed E-state index contributed by atoms with van der Waals surface area (Å²) in [6.07, 6.45) is 0. The van der Waals surface area contributed by atoms with Gasteiger partial charge >= 0.3 is 21.4 Å². The Bertz CT molecular complexity index is 3050. The van der Waals surface area contributed by atoms with E-state index in [1.165, 1.54) is 80.8 Å². The summed E-state index contributed by atoms with van der Waals surface area (Å²) in [6, 6.07) is 59.5. The van der Waals surface area contributed by atoms with Gasteiger partial charge in [0.2, 0.25) is 0 Å². The Labute approximate surface area is 311 Å². The average molecular weight is 684 g/mol. The molecule has 0 aromatic heterocycles. The minimum Gasteiger partial charge on any atom is -0.445 e. The van der Waals surface area contributed by atoms with Crippen LogP contribution < -0.4 is 16.4 Å². The van der Waals surface area contributed by atoms with E-state index in [2.05, 4.69) is 164 Å². The first kappa shape index (κ1) is 29.3. The van der Waals surface area contributed by atoms with E-state index in [9.17, 15) is 0 Å². The van der Waals surface area contributed by atoms with Crippen molar-refractivity contribution >= 4 is 135 Å². The maximum absolute atomic E-state index is 7.07. The molecule has 0 N–H and O–H groups in total. The Balaban J connectivity index is 1.05. The fourth-order valence-electron chi connectivity index (χ4n) is 9.76. The molecule has 0 spiro atoms. The Morgan fingerprint density at radius 3 is 0.722 bits per heavy atom. The van der Waals surface area contributed by atoms with Crippen molar-refractivity contribution < 1.29 is 13.7 Å². The van der Waals surface area contributed by atoms with Crippen LogP contribution in [0.5, 0.6) is 0 Å². The Hall–Kier alpha value is -6.17. The standard InChI is InChI=1S/C48H27B3O3/c1-4-28-10-13-34-19-25-40(37-22-16-31(7-1)43(28)46(34)37)49-52-50(41-26-20-35-14-11-29-5-2-8-32-17-23-38(41)47(35)44(29)32)54-51(53-49)42-27-21-36-15-12-30-6-3-9-33-18-24-39(42)48(36)45(30)33/h1-27H. The highest BCUT2D eigenvalue weighted by molar-refractivity contribution is 6.89. The predicted octanol–water partition coefficient (Wildman–Crippen LogP) is 9.93. The SMILES string of the molecule is c1cc2ccc3ccc(B4OB(c5ccc6ccc7cccc8ccc5c6c78)OB(c5ccc6ccc7cccc8ccc5c6c78)O4)c4ccc(c1)c2c34. The molecule has 0 radical (unpaired) electrons. The van der Waals surface area contributed by atoms with Crippen LogP contribution in [0.25, 0.3) is 97.0 Å². The highest BCUT2D eigenvalue weighted by Gasteiger charge is 2.45. The first-order valence-corrected chi connectivity index (χ1v) is 18.7. The molecule has 1 aliphatic rings. The zero-order valence-corrected chi connectivity index (χ0v) is 29.0. The van der Waals surface area contributed by atoms with Crippen molar-refractivity contribution in [2.45, 2.75) is 0 Å². The van der Waals surface area contributed by atoms with Gasteiger partial charge in [-0.3, -0.25) is 0 Å². The smallest absolute Gasteiger partial charge is 0.445 e. The molecule has 0 atom stereocenters. The zero-order chi connectivity index (χ0) is 35.1. The predicted molar refractivity (Wildman–Crippen MR) is 230 cm³/mol. The van der Waals surface area contributed by atoms with E-state index in [1.807, 2.05) is 0 Å². The second kappa shape index (κ2) is 10.7. The van der Waals surface area contributed by atoms with E-state index in [-0.39, 0.29) is 0 Å². The van der Waals surface area contributed by atoms with E-state index in [0.717, 1.165) is 32.5 Å². The molecular weight excluding hydrogens is 657 g/mol. The molecule has 246 valence electrons. The topological polar surface area (TPSA) is 27.7 Å². The third-order valence-electron chi connectivity index (χ3n) is 12.2. The molecule has 1 saturated heterocycles. The van der Waals surface area contributed by atoms with E-state index in [1.54, 1.807) is 0 Å². The lowest BCUT2D eigenvalue weighted by atomic mass is 9.59. The Kier molecular flexibility index (Phi) is 5.81. The van der Waals surface area contributed by atoms with Crippen molar-refractivity contribution in [3.05, 3.63) is 164 Å². The maximum Gasteiger partial charge on any atom is 0.467 e. The first-order valence-electron chi connectivity index (χ1n) is 18.7. The lowest BCUT2D eigenvalue weighted by Crippen LogP contribution is -2.61. The molecule has 1 fully saturated rings. The second-order valence-electron chi connectivity index (χ2n) is 14.9. The van der Waals surface area contributed by atoms with Crippen LogP contribution in [0, 0.1) is 0 Å². The number of hydrogen-bond donors (Lipinski definition) is 0. The molecule has 0 saturated carbocycles. The van der Waals surface area contributed by atoms with Crippen molar-refractivity contribution in [1.82, 2.24) is 0 Å². The van der Waals surface area contributed by atoms with Gasteiger partial charge in [0.15, 0.2) is 0 Å². The summed E-state index contributed by atoms with van der Waals surface area (Å²) in [5.41, 5.74) is 2.98. The van der Waals surface area contributed by atoms with Gasteiger partial charge < -0.3 is 13.7 Å². The van der Waals surface area contributed by atoms with Crippen molar-refractivity contribution in [2.24, 2.45) is 0 Å². The van der Waals surface area contributed by atoms with Crippen molar-refractivity contribution in [3.63, 3.8) is 0 Å². The molecule has 12 aromatic rings. The molecule has 12 aromatic carbocycles. The fraction of sp³-hybridized carbons (Fsp3) is 0. The van der Waals surface area contributed by atoms with Crippen LogP contribution in [0.3, 0.4) is 0 Å². The molecule has 0 unspecified atom stereocenters. The van der Waals surface area contributed by atoms with Crippen LogP contribution in [0.1, 0.15) is 0 Å². The summed E-state index contributed by atoms with van der Waals surface area (Å²) in [7, 11) is -2.10. The van der Waals surface area contributed by atoms with Crippen molar-refractivity contribution in [3.8, 4) is 0 Å². The number of rotatable bonds is 3. The van der Waals surface area contributed by atoms with Gasteiger partial charge in [-0.05, 0) is 113 Å². The Morgan fingerprint density at radius 2 is 0.444 bits per heavy atom. The van der Waals surface area contributed by atoms with Crippen LogP contribution in [0.4, 0.5) is 0 Å². The summed E-state index contributed by atoms with van der Waals surface area (Å²) in [5, 5.41) is 21.9. The van der Waals surface area contributed by atoms with E-state index in [0.29, 0.717) is 0 Å². The summed E-state index contributed by atoms with van der Waals surface area (Å²) in [5.74, 6) is 0. The largest absolute Gasteiger partial charge is 0.467 e. The zero-order valence-electron chi connectivity index (χ0n) is 29.0. The summed E-state index contributed by atoms with van der Waals surface area (Å²) < 4.78 is 21.2. The minimum absolute atomic E-state index is 0.699. The summed E-state index contributed by atoms with van der Waals surface area (Å²) >= 11 is 0. The number of benzene rings is 12.